The lowest BCUT2D eigenvalue weighted by Crippen LogP contribution is -2.47. The maximum atomic E-state index is 11.2. The molecule has 0 radical (unpaired) electrons. The Bertz CT molecular complexity index is 448. The number of rotatable bonds is 6. The molecule has 2 N–H and O–H groups in total. The van der Waals surface area contributed by atoms with Crippen LogP contribution < -0.4 is 10.6 Å². The summed E-state index contributed by atoms with van der Waals surface area (Å²) in [5.41, 5.74) is 0. The highest BCUT2D eigenvalue weighted by atomic mass is 32.2. The highest BCUT2D eigenvalue weighted by Gasteiger charge is 2.31. The molecule has 0 saturated carbocycles. The number of sulfone groups is 1. The lowest BCUT2D eigenvalue weighted by molar-refractivity contribution is 0.265. The minimum Gasteiger partial charge on any atom is -0.357 e. The summed E-state index contributed by atoms with van der Waals surface area (Å²) >= 11 is 0. The molecule has 7 heteroatoms. The van der Waals surface area contributed by atoms with Gasteiger partial charge in [0.1, 0.15) is 9.84 Å². The molecule has 0 aromatic carbocycles. The van der Waals surface area contributed by atoms with Gasteiger partial charge in [0.2, 0.25) is 0 Å². The number of nitrogens with one attached hydrogen (secondary N) is 2. The van der Waals surface area contributed by atoms with Gasteiger partial charge in [0, 0.05) is 38.0 Å². The molecule has 6 nitrogen and oxygen atoms in total. The Morgan fingerprint density at radius 3 is 2.52 bits per heavy atom. The maximum Gasteiger partial charge on any atom is 0.191 e. The first-order valence-corrected chi connectivity index (χ1v) is 9.75. The smallest absolute Gasteiger partial charge is 0.191 e. The van der Waals surface area contributed by atoms with Crippen molar-refractivity contribution in [2.75, 3.05) is 38.2 Å². The predicted molar refractivity (Wildman–Crippen MR) is 88.5 cm³/mol. The van der Waals surface area contributed by atoms with Gasteiger partial charge in [0.25, 0.3) is 0 Å². The number of hydrogen-bond donors (Lipinski definition) is 2. The summed E-state index contributed by atoms with van der Waals surface area (Å²) in [5.74, 6) is 1.34. The topological polar surface area (TPSA) is 73.8 Å². The predicted octanol–water partition coefficient (Wildman–Crippen LogP) is 0.315. The minimum absolute atomic E-state index is 0.0852. The van der Waals surface area contributed by atoms with Gasteiger partial charge in [-0.2, -0.15) is 0 Å². The van der Waals surface area contributed by atoms with Crippen LogP contribution in [0.2, 0.25) is 0 Å². The molecule has 0 aromatic heterocycles. The lowest BCUT2D eigenvalue weighted by Gasteiger charge is -2.21. The molecule has 1 saturated heterocycles. The Morgan fingerprint density at radius 1 is 1.38 bits per heavy atom. The number of nitrogens with zero attached hydrogens (tertiary/aromatic N) is 2. The summed E-state index contributed by atoms with van der Waals surface area (Å²) in [7, 11) is -2.96. The van der Waals surface area contributed by atoms with Crippen molar-refractivity contribution in [3.63, 3.8) is 0 Å². The van der Waals surface area contributed by atoms with Crippen LogP contribution in [0.5, 0.6) is 0 Å². The molecular weight excluding hydrogens is 288 g/mol. The molecule has 21 heavy (non-hydrogen) atoms. The number of hydrogen-bond acceptors (Lipinski definition) is 4. The Balaban J connectivity index is 2.59. The average molecular weight is 318 g/mol. The van der Waals surface area contributed by atoms with Crippen molar-refractivity contribution in [3.8, 4) is 0 Å². The quantitative estimate of drug-likeness (QED) is 0.545. The molecule has 0 amide bonds. The van der Waals surface area contributed by atoms with Crippen molar-refractivity contribution in [3.05, 3.63) is 0 Å². The normalized spacial score (nSPS) is 24.6. The number of aliphatic imine (C=N–C) groups is 1. The molecular formula is C14H30N4O2S. The summed E-state index contributed by atoms with van der Waals surface area (Å²) in [6.45, 7) is 11.8. The third-order valence-electron chi connectivity index (χ3n) is 3.77. The van der Waals surface area contributed by atoms with Crippen LogP contribution in [0.15, 0.2) is 4.99 Å². The summed E-state index contributed by atoms with van der Waals surface area (Å²) in [4.78, 5) is 6.81. The van der Waals surface area contributed by atoms with Crippen molar-refractivity contribution in [1.29, 1.82) is 0 Å². The second-order valence-electron chi connectivity index (χ2n) is 6.17. The zero-order chi connectivity index (χ0) is 16.0. The van der Waals surface area contributed by atoms with Crippen molar-refractivity contribution in [2.24, 2.45) is 10.9 Å². The van der Waals surface area contributed by atoms with E-state index in [1.807, 2.05) is 6.92 Å². The Labute approximate surface area is 129 Å². The largest absolute Gasteiger partial charge is 0.357 e. The van der Waals surface area contributed by atoms with E-state index in [0.29, 0.717) is 30.5 Å². The minimum atomic E-state index is -2.96. The van der Waals surface area contributed by atoms with E-state index in [1.54, 1.807) is 0 Å². The monoisotopic (exact) mass is 318 g/mol. The maximum absolute atomic E-state index is 11.2. The van der Waals surface area contributed by atoms with Crippen LogP contribution in [0.4, 0.5) is 0 Å². The van der Waals surface area contributed by atoms with E-state index in [-0.39, 0.29) is 5.75 Å². The van der Waals surface area contributed by atoms with Gasteiger partial charge >= 0.3 is 0 Å². The first-order valence-electron chi connectivity index (χ1n) is 7.69. The molecule has 0 spiro atoms. The van der Waals surface area contributed by atoms with E-state index in [1.165, 1.54) is 6.26 Å². The third kappa shape index (κ3) is 6.65. The highest BCUT2D eigenvalue weighted by Crippen LogP contribution is 2.18. The fourth-order valence-electron chi connectivity index (χ4n) is 2.43. The second-order valence-corrected chi connectivity index (χ2v) is 8.43. The highest BCUT2D eigenvalue weighted by molar-refractivity contribution is 7.90. The van der Waals surface area contributed by atoms with E-state index < -0.39 is 9.84 Å². The van der Waals surface area contributed by atoms with Gasteiger partial charge in [-0.15, -0.1) is 0 Å². The van der Waals surface area contributed by atoms with Crippen LogP contribution in [-0.4, -0.2) is 69.5 Å². The van der Waals surface area contributed by atoms with Gasteiger partial charge in [-0.05, 0) is 26.7 Å². The molecule has 0 bridgehead atoms. The molecule has 1 fully saturated rings. The molecule has 1 rings (SSSR count). The third-order valence-corrected chi connectivity index (χ3v) is 4.69. The van der Waals surface area contributed by atoms with Crippen LogP contribution in [0, 0.1) is 5.92 Å². The van der Waals surface area contributed by atoms with Gasteiger partial charge in [-0.25, -0.2) is 8.42 Å². The Kier molecular flexibility index (Phi) is 6.93. The van der Waals surface area contributed by atoms with Crippen molar-refractivity contribution >= 4 is 15.8 Å². The molecule has 1 aliphatic rings. The van der Waals surface area contributed by atoms with E-state index in [2.05, 4.69) is 41.3 Å². The van der Waals surface area contributed by atoms with Crippen LogP contribution >= 0.6 is 0 Å². The van der Waals surface area contributed by atoms with Gasteiger partial charge in [-0.3, -0.25) is 9.89 Å². The van der Waals surface area contributed by atoms with E-state index in [9.17, 15) is 8.42 Å². The summed E-state index contributed by atoms with van der Waals surface area (Å²) in [5, 5.41) is 6.63. The average Bonchev–Trinajstić information content (AvgIpc) is 2.70. The molecule has 0 aliphatic carbocycles. The summed E-state index contributed by atoms with van der Waals surface area (Å²) in [6, 6.07) is 0.896. The van der Waals surface area contributed by atoms with Gasteiger partial charge < -0.3 is 10.6 Å². The standard InChI is InChI=1S/C14H30N4O2S/c1-6-15-14(16-7-8-21(5,19)20)17-13-10-18(11(2)3)9-12(13)4/h11-13H,6-10H2,1-5H3,(H2,15,16,17). The molecule has 1 heterocycles. The Morgan fingerprint density at radius 2 is 2.05 bits per heavy atom. The van der Waals surface area contributed by atoms with Crippen LogP contribution in [-0.2, 0) is 9.84 Å². The van der Waals surface area contributed by atoms with Gasteiger partial charge in [0.15, 0.2) is 5.96 Å². The number of guanidine groups is 1. The summed E-state index contributed by atoms with van der Waals surface area (Å²) in [6.07, 6.45) is 1.24. The molecule has 2 unspecified atom stereocenters. The van der Waals surface area contributed by atoms with Crippen LogP contribution in [0.1, 0.15) is 27.7 Å². The first-order chi connectivity index (χ1) is 9.73. The molecule has 0 aromatic rings. The zero-order valence-corrected chi connectivity index (χ0v) is 14.7. The van der Waals surface area contributed by atoms with Crippen molar-refractivity contribution in [2.45, 2.75) is 39.8 Å². The van der Waals surface area contributed by atoms with Crippen molar-refractivity contribution < 1.29 is 8.42 Å². The molecule has 2 atom stereocenters. The lowest BCUT2D eigenvalue weighted by atomic mass is 10.1. The van der Waals surface area contributed by atoms with Crippen molar-refractivity contribution in [1.82, 2.24) is 15.5 Å². The van der Waals surface area contributed by atoms with Crippen LogP contribution in [0.25, 0.3) is 0 Å². The fourth-order valence-corrected chi connectivity index (χ4v) is 2.86. The second kappa shape index (κ2) is 7.98. The number of likely N-dealkylation sites (tertiary alicyclic amines) is 1. The summed E-state index contributed by atoms with van der Waals surface area (Å²) < 4.78 is 22.3. The molecule has 124 valence electrons. The van der Waals surface area contributed by atoms with E-state index in [0.717, 1.165) is 19.6 Å². The van der Waals surface area contributed by atoms with E-state index in [4.69, 9.17) is 0 Å². The van der Waals surface area contributed by atoms with E-state index >= 15 is 0 Å². The Hall–Kier alpha value is -0.820. The van der Waals surface area contributed by atoms with Gasteiger partial charge in [0.05, 0.1) is 12.3 Å². The zero-order valence-electron chi connectivity index (χ0n) is 13.9. The first kappa shape index (κ1) is 18.2. The van der Waals surface area contributed by atoms with Crippen LogP contribution in [0.3, 0.4) is 0 Å². The SMILES string of the molecule is CCNC(=NCCS(C)(=O)=O)NC1CN(C(C)C)CC1C. The van der Waals surface area contributed by atoms with Gasteiger partial charge in [-0.1, -0.05) is 6.92 Å². The fraction of sp³-hybridized carbons (Fsp3) is 0.929. The molecule has 1 aliphatic heterocycles.